The highest BCUT2D eigenvalue weighted by atomic mass is 16.5. The van der Waals surface area contributed by atoms with Crippen molar-refractivity contribution in [3.63, 3.8) is 0 Å². The number of ether oxygens (including phenoxy) is 2. The van der Waals surface area contributed by atoms with E-state index in [-0.39, 0.29) is 6.42 Å². The van der Waals surface area contributed by atoms with E-state index >= 15 is 0 Å². The second-order valence-corrected chi connectivity index (χ2v) is 7.14. The van der Waals surface area contributed by atoms with Crippen LogP contribution in [0.3, 0.4) is 0 Å². The second kappa shape index (κ2) is 8.86. The number of esters is 1. The minimum atomic E-state index is -1.18. The topological polar surface area (TPSA) is 105 Å². The van der Waals surface area contributed by atoms with Crippen LogP contribution >= 0.6 is 0 Å². The molecule has 2 N–H and O–H groups in total. The van der Waals surface area contributed by atoms with Crippen LogP contribution in [0.5, 0.6) is 5.75 Å². The highest BCUT2D eigenvalue weighted by Crippen LogP contribution is 2.42. The van der Waals surface area contributed by atoms with Crippen LogP contribution in [0.15, 0.2) is 48.5 Å². The number of urea groups is 1. The summed E-state index contributed by atoms with van der Waals surface area (Å²) in [4.78, 5) is 38.8. The van der Waals surface area contributed by atoms with E-state index in [0.717, 1.165) is 5.56 Å². The van der Waals surface area contributed by atoms with Crippen molar-refractivity contribution in [1.82, 2.24) is 4.90 Å². The van der Waals surface area contributed by atoms with Gasteiger partial charge in [-0.2, -0.15) is 0 Å². The average molecular weight is 412 g/mol. The lowest BCUT2D eigenvalue weighted by Crippen LogP contribution is -2.44. The number of nitrogens with one attached hydrogen (secondary N) is 1. The van der Waals surface area contributed by atoms with Gasteiger partial charge in [-0.25, -0.2) is 9.59 Å². The molecule has 0 spiro atoms. The third-order valence-electron chi connectivity index (χ3n) is 5.28. The summed E-state index contributed by atoms with van der Waals surface area (Å²) in [6, 6.07) is 11.4. The van der Waals surface area contributed by atoms with Gasteiger partial charge < -0.3 is 24.8 Å². The first kappa shape index (κ1) is 21.2. The molecule has 8 heteroatoms. The van der Waals surface area contributed by atoms with Gasteiger partial charge in [-0.15, -0.1) is 0 Å². The third-order valence-corrected chi connectivity index (χ3v) is 5.28. The lowest BCUT2D eigenvalue weighted by molar-refractivity contribution is -0.146. The fraction of sp³-hybridized carbons (Fsp3) is 0.318. The van der Waals surface area contributed by atoms with E-state index in [9.17, 15) is 19.5 Å². The summed E-state index contributed by atoms with van der Waals surface area (Å²) in [6.07, 6.45) is -0.0416. The van der Waals surface area contributed by atoms with Crippen molar-refractivity contribution in [2.24, 2.45) is 5.92 Å². The molecule has 3 rings (SSSR count). The summed E-state index contributed by atoms with van der Waals surface area (Å²) in [5, 5.41) is 12.5. The molecule has 2 aromatic rings. The quantitative estimate of drug-likeness (QED) is 0.731. The summed E-state index contributed by atoms with van der Waals surface area (Å²) in [5.41, 5.74) is 2.18. The van der Waals surface area contributed by atoms with Crippen LogP contribution in [0.25, 0.3) is 0 Å². The predicted octanol–water partition coefficient (Wildman–Crippen LogP) is 3.22. The van der Waals surface area contributed by atoms with E-state index in [0.29, 0.717) is 17.0 Å². The molecule has 0 bridgehead atoms. The zero-order valence-electron chi connectivity index (χ0n) is 17.0. The van der Waals surface area contributed by atoms with Crippen LogP contribution in [-0.2, 0) is 14.3 Å². The number of anilines is 1. The Balaban J connectivity index is 2.00. The van der Waals surface area contributed by atoms with Crippen molar-refractivity contribution in [1.29, 1.82) is 0 Å². The van der Waals surface area contributed by atoms with Gasteiger partial charge in [0.1, 0.15) is 11.8 Å². The molecule has 3 unspecified atom stereocenters. The van der Waals surface area contributed by atoms with E-state index in [4.69, 9.17) is 9.47 Å². The molecule has 0 saturated carbocycles. The summed E-state index contributed by atoms with van der Waals surface area (Å²) in [6.45, 7) is 1.92. The maximum atomic E-state index is 13.2. The normalized spacial score (nSPS) is 20.5. The Kier molecular flexibility index (Phi) is 6.25. The van der Waals surface area contributed by atoms with Crippen molar-refractivity contribution in [2.75, 3.05) is 19.5 Å². The Labute approximate surface area is 174 Å². The highest BCUT2D eigenvalue weighted by molar-refractivity contribution is 5.94. The number of methoxy groups -OCH3 is 2. The van der Waals surface area contributed by atoms with Crippen LogP contribution in [0.4, 0.5) is 10.5 Å². The van der Waals surface area contributed by atoms with Gasteiger partial charge in [0.15, 0.2) is 0 Å². The highest BCUT2D eigenvalue weighted by Gasteiger charge is 2.51. The van der Waals surface area contributed by atoms with Crippen LogP contribution in [0.2, 0.25) is 0 Å². The van der Waals surface area contributed by atoms with Crippen molar-refractivity contribution in [2.45, 2.75) is 25.4 Å². The van der Waals surface area contributed by atoms with Crippen LogP contribution < -0.4 is 10.1 Å². The van der Waals surface area contributed by atoms with Crippen molar-refractivity contribution >= 4 is 23.7 Å². The van der Waals surface area contributed by atoms with Gasteiger partial charge in [0.25, 0.3) is 0 Å². The van der Waals surface area contributed by atoms with Gasteiger partial charge in [-0.05, 0) is 43.2 Å². The average Bonchev–Trinajstić information content (AvgIpc) is 3.16. The molecule has 0 radical (unpaired) electrons. The molecular weight excluding hydrogens is 388 g/mol. The molecule has 8 nitrogen and oxygen atoms in total. The second-order valence-electron chi connectivity index (χ2n) is 7.14. The first-order valence-corrected chi connectivity index (χ1v) is 9.46. The molecule has 0 aromatic heterocycles. The molecular formula is C22H24N2O6. The molecule has 2 aromatic carbocycles. The van der Waals surface area contributed by atoms with E-state index in [1.54, 1.807) is 36.4 Å². The maximum absolute atomic E-state index is 13.2. The Morgan fingerprint density at radius 1 is 1.03 bits per heavy atom. The molecule has 2 amide bonds. The van der Waals surface area contributed by atoms with Crippen molar-refractivity contribution in [3.05, 3.63) is 59.7 Å². The summed E-state index contributed by atoms with van der Waals surface area (Å²) in [7, 11) is 2.78. The number of carboxylic acid groups (broad SMARTS) is 1. The fourth-order valence-corrected chi connectivity index (χ4v) is 3.75. The van der Waals surface area contributed by atoms with E-state index in [1.165, 1.54) is 19.1 Å². The third kappa shape index (κ3) is 4.22. The molecule has 1 fully saturated rings. The zero-order valence-corrected chi connectivity index (χ0v) is 17.0. The number of carboxylic acids is 1. The van der Waals surface area contributed by atoms with Crippen LogP contribution in [0, 0.1) is 12.8 Å². The minimum Gasteiger partial charge on any atom is -0.497 e. The zero-order chi connectivity index (χ0) is 21.8. The molecule has 1 aliphatic heterocycles. The summed E-state index contributed by atoms with van der Waals surface area (Å²) in [5.74, 6) is -1.95. The molecule has 30 heavy (non-hydrogen) atoms. The van der Waals surface area contributed by atoms with Gasteiger partial charge in [0.2, 0.25) is 0 Å². The van der Waals surface area contributed by atoms with Gasteiger partial charge in [0, 0.05) is 5.69 Å². The van der Waals surface area contributed by atoms with E-state index < -0.39 is 36.0 Å². The number of hydrogen-bond acceptors (Lipinski definition) is 5. The summed E-state index contributed by atoms with van der Waals surface area (Å²) >= 11 is 0. The number of aryl methyl sites for hydroxylation is 1. The molecule has 158 valence electrons. The number of benzene rings is 2. The first-order valence-electron chi connectivity index (χ1n) is 9.46. The SMILES string of the molecule is COC(=O)C1CC(C(=O)O)N(C(=O)Nc2ccc(C)cc2)C1c1ccc(OC)cc1. The van der Waals surface area contributed by atoms with Gasteiger partial charge in [-0.3, -0.25) is 4.79 Å². The number of likely N-dealkylation sites (tertiary alicyclic amines) is 1. The van der Waals surface area contributed by atoms with Crippen molar-refractivity contribution < 1.29 is 29.0 Å². The van der Waals surface area contributed by atoms with E-state index in [1.807, 2.05) is 19.1 Å². The number of rotatable bonds is 5. The number of aliphatic carboxylic acids is 1. The van der Waals surface area contributed by atoms with E-state index in [2.05, 4.69) is 5.32 Å². The smallest absolute Gasteiger partial charge is 0.326 e. The fourth-order valence-electron chi connectivity index (χ4n) is 3.75. The van der Waals surface area contributed by atoms with Gasteiger partial charge >= 0.3 is 18.0 Å². The van der Waals surface area contributed by atoms with Crippen LogP contribution in [0.1, 0.15) is 23.6 Å². The molecule has 0 aliphatic carbocycles. The standard InChI is InChI=1S/C22H24N2O6/c1-13-4-8-15(9-5-13)23-22(28)24-18(20(25)26)12-17(21(27)30-3)19(24)14-6-10-16(29-2)11-7-14/h4-11,17-19H,12H2,1-3H3,(H,23,28)(H,25,26). The first-order chi connectivity index (χ1) is 14.3. The van der Waals surface area contributed by atoms with Crippen molar-refractivity contribution in [3.8, 4) is 5.75 Å². The Bertz CT molecular complexity index is 926. The Hall–Kier alpha value is -3.55. The van der Waals surface area contributed by atoms with Gasteiger partial charge in [-0.1, -0.05) is 29.8 Å². The predicted molar refractivity (Wildman–Crippen MR) is 109 cm³/mol. The number of amides is 2. The minimum absolute atomic E-state index is 0.0416. The Morgan fingerprint density at radius 2 is 1.67 bits per heavy atom. The number of nitrogens with zero attached hydrogens (tertiary/aromatic N) is 1. The number of carbonyl (C=O) groups is 3. The lowest BCUT2D eigenvalue weighted by Gasteiger charge is -2.30. The van der Waals surface area contributed by atoms with Crippen LogP contribution in [-0.4, -0.2) is 48.2 Å². The Morgan fingerprint density at radius 3 is 2.20 bits per heavy atom. The largest absolute Gasteiger partial charge is 0.497 e. The summed E-state index contributed by atoms with van der Waals surface area (Å²) < 4.78 is 10.1. The molecule has 1 saturated heterocycles. The molecule has 3 atom stereocenters. The number of hydrogen-bond donors (Lipinski definition) is 2. The molecule has 1 aliphatic rings. The van der Waals surface area contributed by atoms with Gasteiger partial charge in [0.05, 0.1) is 26.2 Å². The number of carbonyl (C=O) groups excluding carboxylic acids is 2. The maximum Gasteiger partial charge on any atom is 0.326 e. The lowest BCUT2D eigenvalue weighted by atomic mass is 9.93. The monoisotopic (exact) mass is 412 g/mol. The molecule has 1 heterocycles.